The topological polar surface area (TPSA) is 75.3 Å². The van der Waals surface area contributed by atoms with Gasteiger partial charge in [-0.05, 0) is 55.9 Å². The molecule has 0 spiro atoms. The molecular weight excluding hydrogens is 324 g/mol. The number of benzene rings is 1. The standard InChI is InChI=1S/C18H28N2O3S/c1-13-8-9-16(12-15(13)3)24(22,23)19-11-10-18(21)20-17-7-5-4-6-14(17)2/h8-9,12,14,17,19H,4-7,10-11H2,1-3H3,(H,20,21). The van der Waals surface area contributed by atoms with Crippen LogP contribution in [0, 0.1) is 19.8 Å². The smallest absolute Gasteiger partial charge is 0.240 e. The van der Waals surface area contributed by atoms with E-state index < -0.39 is 10.0 Å². The summed E-state index contributed by atoms with van der Waals surface area (Å²) in [4.78, 5) is 12.3. The summed E-state index contributed by atoms with van der Waals surface area (Å²) in [6.45, 7) is 6.09. The van der Waals surface area contributed by atoms with E-state index in [2.05, 4.69) is 17.0 Å². The molecular formula is C18H28N2O3S. The lowest BCUT2D eigenvalue weighted by atomic mass is 9.86. The molecule has 0 bridgehead atoms. The fraction of sp³-hybridized carbons (Fsp3) is 0.611. The Bertz CT molecular complexity index is 686. The van der Waals surface area contributed by atoms with Crippen LogP contribution in [-0.4, -0.2) is 26.9 Å². The van der Waals surface area contributed by atoms with Crippen LogP contribution in [0.3, 0.4) is 0 Å². The van der Waals surface area contributed by atoms with E-state index in [0.29, 0.717) is 5.92 Å². The Kier molecular flexibility index (Phi) is 6.40. The molecule has 1 amide bonds. The second-order valence-electron chi connectivity index (χ2n) is 6.83. The molecule has 24 heavy (non-hydrogen) atoms. The second-order valence-corrected chi connectivity index (χ2v) is 8.60. The van der Waals surface area contributed by atoms with Gasteiger partial charge < -0.3 is 5.32 Å². The quantitative estimate of drug-likeness (QED) is 0.826. The number of carbonyl (C=O) groups is 1. The van der Waals surface area contributed by atoms with Gasteiger partial charge in [0.1, 0.15) is 0 Å². The Morgan fingerprint density at radius 3 is 2.54 bits per heavy atom. The van der Waals surface area contributed by atoms with Crippen LogP contribution in [0.2, 0.25) is 0 Å². The molecule has 1 aliphatic carbocycles. The maximum atomic E-state index is 12.3. The van der Waals surface area contributed by atoms with Gasteiger partial charge >= 0.3 is 0 Å². The second kappa shape index (κ2) is 8.12. The first-order chi connectivity index (χ1) is 11.3. The number of carbonyl (C=O) groups excluding carboxylic acids is 1. The molecule has 0 aliphatic heterocycles. The van der Waals surface area contributed by atoms with Crippen molar-refractivity contribution in [3.63, 3.8) is 0 Å². The van der Waals surface area contributed by atoms with Crippen molar-refractivity contribution in [1.82, 2.24) is 10.0 Å². The molecule has 1 aliphatic rings. The number of rotatable bonds is 6. The van der Waals surface area contributed by atoms with Gasteiger partial charge in [0.15, 0.2) is 0 Å². The molecule has 134 valence electrons. The molecule has 0 aromatic heterocycles. The van der Waals surface area contributed by atoms with Crippen molar-refractivity contribution >= 4 is 15.9 Å². The zero-order valence-corrected chi connectivity index (χ0v) is 15.6. The van der Waals surface area contributed by atoms with Crippen molar-refractivity contribution in [2.45, 2.75) is 63.8 Å². The Morgan fingerprint density at radius 2 is 1.88 bits per heavy atom. The fourth-order valence-electron chi connectivity index (χ4n) is 3.07. The zero-order valence-electron chi connectivity index (χ0n) is 14.8. The number of sulfonamides is 1. The molecule has 5 nitrogen and oxygen atoms in total. The molecule has 0 heterocycles. The first-order valence-electron chi connectivity index (χ1n) is 8.66. The van der Waals surface area contributed by atoms with Crippen molar-refractivity contribution in [3.05, 3.63) is 29.3 Å². The van der Waals surface area contributed by atoms with Crippen molar-refractivity contribution in [3.8, 4) is 0 Å². The summed E-state index contributed by atoms with van der Waals surface area (Å²) in [5.41, 5.74) is 1.98. The van der Waals surface area contributed by atoms with Gasteiger partial charge in [-0.3, -0.25) is 4.79 Å². The van der Waals surface area contributed by atoms with Crippen LogP contribution in [0.5, 0.6) is 0 Å². The Balaban J connectivity index is 1.83. The first-order valence-corrected chi connectivity index (χ1v) is 10.1. The summed E-state index contributed by atoms with van der Waals surface area (Å²) in [5, 5.41) is 3.04. The highest BCUT2D eigenvalue weighted by Crippen LogP contribution is 2.23. The van der Waals surface area contributed by atoms with Crippen LogP contribution in [0.15, 0.2) is 23.1 Å². The Labute approximate surface area is 145 Å². The lowest BCUT2D eigenvalue weighted by Gasteiger charge is -2.29. The molecule has 1 saturated carbocycles. The summed E-state index contributed by atoms with van der Waals surface area (Å²) in [7, 11) is -3.57. The maximum absolute atomic E-state index is 12.3. The van der Waals surface area contributed by atoms with Crippen LogP contribution in [-0.2, 0) is 14.8 Å². The van der Waals surface area contributed by atoms with Crippen LogP contribution < -0.4 is 10.0 Å². The van der Waals surface area contributed by atoms with E-state index in [1.807, 2.05) is 13.8 Å². The molecule has 2 unspecified atom stereocenters. The van der Waals surface area contributed by atoms with Crippen molar-refractivity contribution in [2.75, 3.05) is 6.54 Å². The van der Waals surface area contributed by atoms with E-state index in [0.717, 1.165) is 30.4 Å². The lowest BCUT2D eigenvalue weighted by molar-refractivity contribution is -0.122. The number of nitrogens with one attached hydrogen (secondary N) is 2. The van der Waals surface area contributed by atoms with Crippen LogP contribution in [0.1, 0.15) is 50.2 Å². The fourth-order valence-corrected chi connectivity index (χ4v) is 4.19. The van der Waals surface area contributed by atoms with Crippen LogP contribution in [0.4, 0.5) is 0 Å². The first kappa shape index (κ1) is 18.9. The monoisotopic (exact) mass is 352 g/mol. The van der Waals surface area contributed by atoms with Gasteiger partial charge in [0.2, 0.25) is 15.9 Å². The third kappa shape index (κ3) is 5.05. The van der Waals surface area contributed by atoms with Gasteiger partial charge in [-0.15, -0.1) is 0 Å². The van der Waals surface area contributed by atoms with Gasteiger partial charge in [-0.1, -0.05) is 25.8 Å². The molecule has 2 N–H and O–H groups in total. The predicted octanol–water partition coefficient (Wildman–Crippen LogP) is 2.67. The van der Waals surface area contributed by atoms with Gasteiger partial charge in [0.25, 0.3) is 0 Å². The maximum Gasteiger partial charge on any atom is 0.240 e. The van der Waals surface area contributed by atoms with Crippen molar-refractivity contribution in [1.29, 1.82) is 0 Å². The number of hydrogen-bond acceptors (Lipinski definition) is 3. The van der Waals surface area contributed by atoms with Gasteiger partial charge in [0.05, 0.1) is 4.90 Å². The molecule has 1 aromatic rings. The van der Waals surface area contributed by atoms with E-state index in [9.17, 15) is 13.2 Å². The molecule has 1 fully saturated rings. The number of aryl methyl sites for hydroxylation is 2. The summed E-state index contributed by atoms with van der Waals surface area (Å²) >= 11 is 0. The van der Waals surface area contributed by atoms with E-state index in [1.54, 1.807) is 18.2 Å². The van der Waals surface area contributed by atoms with Crippen molar-refractivity contribution in [2.24, 2.45) is 5.92 Å². The minimum atomic E-state index is -3.57. The third-order valence-corrected chi connectivity index (χ3v) is 6.35. The summed E-state index contributed by atoms with van der Waals surface area (Å²) < 4.78 is 27.1. The summed E-state index contributed by atoms with van der Waals surface area (Å²) in [6.07, 6.45) is 4.69. The zero-order chi connectivity index (χ0) is 17.7. The SMILES string of the molecule is Cc1ccc(S(=O)(=O)NCCC(=O)NC2CCCCC2C)cc1C. The molecule has 1 aromatic carbocycles. The highest BCUT2D eigenvalue weighted by Gasteiger charge is 2.23. The molecule has 6 heteroatoms. The lowest BCUT2D eigenvalue weighted by Crippen LogP contribution is -2.42. The van der Waals surface area contributed by atoms with Gasteiger partial charge in [-0.25, -0.2) is 13.1 Å². The third-order valence-electron chi connectivity index (χ3n) is 4.89. The Hall–Kier alpha value is -1.40. The molecule has 0 radical (unpaired) electrons. The molecule has 2 rings (SSSR count). The highest BCUT2D eigenvalue weighted by molar-refractivity contribution is 7.89. The summed E-state index contributed by atoms with van der Waals surface area (Å²) in [6, 6.07) is 5.26. The van der Waals surface area contributed by atoms with Gasteiger partial charge in [-0.2, -0.15) is 0 Å². The van der Waals surface area contributed by atoms with E-state index >= 15 is 0 Å². The Morgan fingerprint density at radius 1 is 1.17 bits per heavy atom. The van der Waals surface area contributed by atoms with Crippen LogP contribution >= 0.6 is 0 Å². The number of hydrogen-bond donors (Lipinski definition) is 2. The summed E-state index contributed by atoms with van der Waals surface area (Å²) in [5.74, 6) is 0.409. The molecule has 0 saturated heterocycles. The van der Waals surface area contributed by atoms with Crippen LogP contribution in [0.25, 0.3) is 0 Å². The van der Waals surface area contributed by atoms with Crippen molar-refractivity contribution < 1.29 is 13.2 Å². The van der Waals surface area contributed by atoms with E-state index in [1.165, 1.54) is 6.42 Å². The minimum Gasteiger partial charge on any atom is -0.353 e. The normalized spacial score (nSPS) is 21.5. The van der Waals surface area contributed by atoms with E-state index in [-0.39, 0.29) is 29.8 Å². The predicted molar refractivity (Wildman–Crippen MR) is 95.3 cm³/mol. The van der Waals surface area contributed by atoms with Gasteiger partial charge in [0, 0.05) is 19.0 Å². The minimum absolute atomic E-state index is 0.0865. The largest absolute Gasteiger partial charge is 0.353 e. The molecule has 2 atom stereocenters. The average molecular weight is 353 g/mol. The highest BCUT2D eigenvalue weighted by atomic mass is 32.2. The van der Waals surface area contributed by atoms with E-state index in [4.69, 9.17) is 0 Å². The average Bonchev–Trinajstić information content (AvgIpc) is 2.52. The number of amides is 1.